The highest BCUT2D eigenvalue weighted by atomic mass is 32.2. The molecule has 118 valence electrons. The fraction of sp³-hybridized carbons (Fsp3) is 0.600. The average molecular weight is 313 g/mol. The Kier molecular flexibility index (Phi) is 5.61. The molecule has 0 spiro atoms. The van der Waals surface area contributed by atoms with Gasteiger partial charge in [-0.05, 0) is 25.8 Å². The Morgan fingerprint density at radius 3 is 2.81 bits per heavy atom. The largest absolute Gasteiger partial charge is 0.493 e. The van der Waals surface area contributed by atoms with Crippen molar-refractivity contribution in [3.63, 3.8) is 0 Å². The summed E-state index contributed by atoms with van der Waals surface area (Å²) in [6, 6.07) is 7.54. The quantitative estimate of drug-likeness (QED) is 0.772. The number of hydrogen-bond acceptors (Lipinski definition) is 5. The third-order valence-corrected chi connectivity index (χ3v) is 6.19. The molecular formula is C15H23NO4S. The van der Waals surface area contributed by atoms with Gasteiger partial charge in [0.2, 0.25) is 0 Å². The minimum absolute atomic E-state index is 0.135. The zero-order valence-electron chi connectivity index (χ0n) is 12.3. The van der Waals surface area contributed by atoms with E-state index in [4.69, 9.17) is 15.2 Å². The van der Waals surface area contributed by atoms with Crippen LogP contribution >= 0.6 is 0 Å². The highest BCUT2D eigenvalue weighted by Gasteiger charge is 2.35. The first-order valence-electron chi connectivity index (χ1n) is 7.28. The van der Waals surface area contributed by atoms with E-state index in [1.807, 2.05) is 31.2 Å². The smallest absolute Gasteiger partial charge is 0.155 e. The maximum absolute atomic E-state index is 12.2. The van der Waals surface area contributed by atoms with Gasteiger partial charge in [0.05, 0.1) is 23.7 Å². The molecule has 0 amide bonds. The van der Waals surface area contributed by atoms with Gasteiger partial charge in [-0.15, -0.1) is 0 Å². The van der Waals surface area contributed by atoms with Crippen LogP contribution in [0.15, 0.2) is 24.3 Å². The van der Waals surface area contributed by atoms with E-state index >= 15 is 0 Å². The predicted molar refractivity (Wildman–Crippen MR) is 82.1 cm³/mol. The fourth-order valence-corrected chi connectivity index (χ4v) is 4.53. The molecule has 1 aliphatic heterocycles. The van der Waals surface area contributed by atoms with Gasteiger partial charge in [0, 0.05) is 18.7 Å². The molecule has 0 bridgehead atoms. The van der Waals surface area contributed by atoms with Crippen molar-refractivity contribution in [2.75, 3.05) is 19.0 Å². The van der Waals surface area contributed by atoms with Crippen molar-refractivity contribution in [1.82, 2.24) is 0 Å². The number of ether oxygens (including phenoxy) is 2. The zero-order chi connectivity index (χ0) is 15.3. The van der Waals surface area contributed by atoms with Gasteiger partial charge >= 0.3 is 0 Å². The number of nitrogens with two attached hydrogens (primary N) is 1. The topological polar surface area (TPSA) is 78.6 Å². The van der Waals surface area contributed by atoms with Crippen LogP contribution < -0.4 is 10.5 Å². The first-order chi connectivity index (χ1) is 10.0. The van der Waals surface area contributed by atoms with Gasteiger partial charge in [0.1, 0.15) is 5.75 Å². The van der Waals surface area contributed by atoms with E-state index in [0.717, 1.165) is 11.3 Å². The maximum atomic E-state index is 12.2. The van der Waals surface area contributed by atoms with Gasteiger partial charge in [-0.2, -0.15) is 0 Å². The van der Waals surface area contributed by atoms with Crippen LogP contribution in [0.2, 0.25) is 0 Å². The van der Waals surface area contributed by atoms with Gasteiger partial charge < -0.3 is 15.2 Å². The average Bonchev–Trinajstić information content (AvgIpc) is 2.91. The lowest BCUT2D eigenvalue weighted by molar-refractivity contribution is 0.126. The zero-order valence-corrected chi connectivity index (χ0v) is 13.1. The van der Waals surface area contributed by atoms with Crippen molar-refractivity contribution in [2.24, 2.45) is 5.73 Å². The van der Waals surface area contributed by atoms with Crippen LogP contribution in [0.5, 0.6) is 5.75 Å². The van der Waals surface area contributed by atoms with Gasteiger partial charge in [-0.25, -0.2) is 8.42 Å². The molecule has 0 aromatic heterocycles. The molecule has 1 aromatic carbocycles. The standard InChI is InChI=1S/C15H23NO4S/c1-12-15(7-9-19-12)21(17,18)10-4-8-20-14-6-3-2-5-13(14)11-16/h2-3,5-6,12,15H,4,7-11,16H2,1H3. The molecule has 2 rings (SSSR count). The molecule has 21 heavy (non-hydrogen) atoms. The molecule has 1 saturated heterocycles. The summed E-state index contributed by atoms with van der Waals surface area (Å²) >= 11 is 0. The van der Waals surface area contributed by atoms with E-state index in [-0.39, 0.29) is 17.1 Å². The highest BCUT2D eigenvalue weighted by molar-refractivity contribution is 7.92. The Morgan fingerprint density at radius 1 is 1.38 bits per heavy atom. The Morgan fingerprint density at radius 2 is 2.14 bits per heavy atom. The Balaban J connectivity index is 1.82. The summed E-state index contributed by atoms with van der Waals surface area (Å²) in [7, 11) is -3.11. The molecule has 1 aliphatic rings. The van der Waals surface area contributed by atoms with Crippen LogP contribution in [-0.2, 0) is 21.1 Å². The first-order valence-corrected chi connectivity index (χ1v) is 9.00. The number of para-hydroxylation sites is 1. The van der Waals surface area contributed by atoms with Crippen LogP contribution in [0.25, 0.3) is 0 Å². The van der Waals surface area contributed by atoms with Gasteiger partial charge in [-0.1, -0.05) is 18.2 Å². The van der Waals surface area contributed by atoms with Crippen molar-refractivity contribution in [3.8, 4) is 5.75 Å². The van der Waals surface area contributed by atoms with Gasteiger partial charge in [0.25, 0.3) is 0 Å². The predicted octanol–water partition coefficient (Wildman–Crippen LogP) is 1.51. The number of sulfone groups is 1. The summed E-state index contributed by atoms with van der Waals surface area (Å²) < 4.78 is 35.4. The Hall–Kier alpha value is -1.11. The maximum Gasteiger partial charge on any atom is 0.155 e. The normalized spacial score (nSPS) is 22.4. The van der Waals surface area contributed by atoms with E-state index in [0.29, 0.717) is 32.6 Å². The van der Waals surface area contributed by atoms with Crippen LogP contribution in [0.4, 0.5) is 0 Å². The Labute approximate surface area is 126 Å². The molecule has 2 N–H and O–H groups in total. The van der Waals surface area contributed by atoms with Crippen molar-refractivity contribution in [3.05, 3.63) is 29.8 Å². The summed E-state index contributed by atoms with van der Waals surface area (Å²) in [4.78, 5) is 0. The third-order valence-electron chi connectivity index (χ3n) is 3.79. The van der Waals surface area contributed by atoms with Crippen LogP contribution in [0.1, 0.15) is 25.3 Å². The summed E-state index contributed by atoms with van der Waals surface area (Å²) in [6.07, 6.45) is 0.874. The van der Waals surface area contributed by atoms with Crippen molar-refractivity contribution in [2.45, 2.75) is 37.7 Å². The van der Waals surface area contributed by atoms with E-state index < -0.39 is 9.84 Å². The summed E-state index contributed by atoms with van der Waals surface area (Å²) in [6.45, 7) is 3.14. The van der Waals surface area contributed by atoms with Crippen molar-refractivity contribution >= 4 is 9.84 Å². The molecule has 0 saturated carbocycles. The molecule has 2 atom stereocenters. The Bertz CT molecular complexity index is 559. The van der Waals surface area contributed by atoms with E-state index in [2.05, 4.69) is 0 Å². The van der Waals surface area contributed by atoms with Crippen LogP contribution in [0.3, 0.4) is 0 Å². The van der Waals surface area contributed by atoms with Gasteiger partial charge in [-0.3, -0.25) is 0 Å². The highest BCUT2D eigenvalue weighted by Crippen LogP contribution is 2.22. The second kappa shape index (κ2) is 7.24. The number of rotatable bonds is 7. The van der Waals surface area contributed by atoms with E-state index in [1.54, 1.807) is 0 Å². The molecule has 2 unspecified atom stereocenters. The van der Waals surface area contributed by atoms with Crippen molar-refractivity contribution < 1.29 is 17.9 Å². The van der Waals surface area contributed by atoms with E-state index in [1.165, 1.54) is 0 Å². The molecule has 1 aromatic rings. The molecule has 0 radical (unpaired) electrons. The van der Waals surface area contributed by atoms with E-state index in [9.17, 15) is 8.42 Å². The second-order valence-corrected chi connectivity index (χ2v) is 7.62. The third kappa shape index (κ3) is 4.18. The SMILES string of the molecule is CC1OCCC1S(=O)(=O)CCCOc1ccccc1CN. The molecule has 0 aliphatic carbocycles. The summed E-state index contributed by atoms with van der Waals surface area (Å²) in [5.74, 6) is 0.867. The molecule has 6 heteroatoms. The number of benzene rings is 1. The van der Waals surface area contributed by atoms with Crippen LogP contribution in [-0.4, -0.2) is 38.7 Å². The minimum atomic E-state index is -3.11. The lowest BCUT2D eigenvalue weighted by atomic mass is 10.2. The van der Waals surface area contributed by atoms with Crippen LogP contribution in [0, 0.1) is 0 Å². The summed E-state index contributed by atoms with van der Waals surface area (Å²) in [5, 5.41) is -0.367. The van der Waals surface area contributed by atoms with Crippen molar-refractivity contribution in [1.29, 1.82) is 0 Å². The first kappa shape index (κ1) is 16.3. The molecular weight excluding hydrogens is 290 g/mol. The molecule has 1 heterocycles. The lowest BCUT2D eigenvalue weighted by Crippen LogP contribution is -2.30. The molecule has 1 fully saturated rings. The number of hydrogen-bond donors (Lipinski definition) is 1. The minimum Gasteiger partial charge on any atom is -0.493 e. The lowest BCUT2D eigenvalue weighted by Gasteiger charge is -2.15. The van der Waals surface area contributed by atoms with Gasteiger partial charge in [0.15, 0.2) is 9.84 Å². The molecule has 5 nitrogen and oxygen atoms in total. The monoisotopic (exact) mass is 313 g/mol. The summed E-state index contributed by atoms with van der Waals surface area (Å²) in [5.41, 5.74) is 6.56. The second-order valence-electron chi connectivity index (χ2n) is 5.28. The fourth-order valence-electron chi connectivity index (χ4n) is 2.59.